The minimum Gasteiger partial charge on any atom is -0.480 e. The summed E-state index contributed by atoms with van der Waals surface area (Å²) in [6, 6.07) is 5.87. The molecule has 0 fully saturated rings. The van der Waals surface area contributed by atoms with E-state index in [1.165, 1.54) is 13.2 Å². The number of methoxy groups -OCH3 is 1. The van der Waals surface area contributed by atoms with Crippen LogP contribution in [0.25, 0.3) is 0 Å². The highest BCUT2D eigenvalue weighted by molar-refractivity contribution is 6.32. The van der Waals surface area contributed by atoms with Gasteiger partial charge in [-0.3, -0.25) is 0 Å². The summed E-state index contributed by atoms with van der Waals surface area (Å²) in [4.78, 5) is 11.0. The second-order valence-electron chi connectivity index (χ2n) is 3.62. The first kappa shape index (κ1) is 14.3. The van der Waals surface area contributed by atoms with Crippen LogP contribution in [0.2, 0.25) is 5.02 Å². The highest BCUT2D eigenvalue weighted by Crippen LogP contribution is 2.21. The number of aliphatic carboxylic acids is 1. The first-order chi connectivity index (χ1) is 8.58. The summed E-state index contributed by atoms with van der Waals surface area (Å²) in [7, 11) is 1.51. The standard InChI is InChI=1S/C12H13ClN2O3/c1-18-5-4-11(12(16)17)15-9-3-2-8(7-14)10(13)6-9/h2-3,6,11,15H,4-5H2,1H3,(H,16,17). The van der Waals surface area contributed by atoms with Gasteiger partial charge in [0.25, 0.3) is 0 Å². The van der Waals surface area contributed by atoms with Gasteiger partial charge in [-0.05, 0) is 18.2 Å². The van der Waals surface area contributed by atoms with Crippen LogP contribution in [0.15, 0.2) is 18.2 Å². The van der Waals surface area contributed by atoms with Crippen molar-refractivity contribution in [2.45, 2.75) is 12.5 Å². The van der Waals surface area contributed by atoms with E-state index < -0.39 is 12.0 Å². The van der Waals surface area contributed by atoms with E-state index in [1.807, 2.05) is 6.07 Å². The van der Waals surface area contributed by atoms with Crippen molar-refractivity contribution < 1.29 is 14.6 Å². The largest absolute Gasteiger partial charge is 0.480 e. The van der Waals surface area contributed by atoms with Gasteiger partial charge in [0.15, 0.2) is 0 Å². The third kappa shape index (κ3) is 3.91. The highest BCUT2D eigenvalue weighted by atomic mass is 35.5. The average Bonchev–Trinajstić information content (AvgIpc) is 2.34. The Morgan fingerprint density at radius 2 is 2.39 bits per heavy atom. The fourth-order valence-electron chi connectivity index (χ4n) is 1.39. The Balaban J connectivity index is 2.78. The molecule has 18 heavy (non-hydrogen) atoms. The Morgan fingerprint density at radius 1 is 1.67 bits per heavy atom. The van der Waals surface area contributed by atoms with Crippen LogP contribution in [-0.2, 0) is 9.53 Å². The summed E-state index contributed by atoms with van der Waals surface area (Å²) in [5, 5.41) is 20.9. The lowest BCUT2D eigenvalue weighted by atomic mass is 10.1. The van der Waals surface area contributed by atoms with Gasteiger partial charge in [-0.15, -0.1) is 0 Å². The molecule has 0 amide bonds. The minimum atomic E-state index is -0.965. The maximum absolute atomic E-state index is 11.0. The fourth-order valence-corrected chi connectivity index (χ4v) is 1.61. The minimum absolute atomic E-state index is 0.290. The number of carboxylic acid groups (broad SMARTS) is 1. The smallest absolute Gasteiger partial charge is 0.326 e. The molecule has 1 aromatic carbocycles. The van der Waals surface area contributed by atoms with E-state index in [0.29, 0.717) is 29.3 Å². The zero-order valence-electron chi connectivity index (χ0n) is 9.81. The van der Waals surface area contributed by atoms with E-state index in [0.717, 1.165) is 0 Å². The number of hydrogen-bond donors (Lipinski definition) is 2. The molecule has 0 saturated carbocycles. The Labute approximate surface area is 110 Å². The molecule has 0 aliphatic carbocycles. The molecule has 0 heterocycles. The molecular formula is C12H13ClN2O3. The van der Waals surface area contributed by atoms with E-state index in [9.17, 15) is 4.79 Å². The van der Waals surface area contributed by atoms with Gasteiger partial charge in [0.05, 0.1) is 10.6 Å². The van der Waals surface area contributed by atoms with Crippen molar-refractivity contribution in [3.05, 3.63) is 28.8 Å². The number of benzene rings is 1. The number of nitrogens with zero attached hydrogens (tertiary/aromatic N) is 1. The third-order valence-corrected chi connectivity index (χ3v) is 2.65. The maximum atomic E-state index is 11.0. The monoisotopic (exact) mass is 268 g/mol. The van der Waals surface area contributed by atoms with Crippen molar-refractivity contribution in [2.24, 2.45) is 0 Å². The van der Waals surface area contributed by atoms with Gasteiger partial charge in [-0.25, -0.2) is 4.79 Å². The fraction of sp³-hybridized carbons (Fsp3) is 0.333. The molecule has 1 aromatic rings. The molecule has 0 aromatic heterocycles. The number of halogens is 1. The molecule has 0 aliphatic heterocycles. The summed E-state index contributed by atoms with van der Waals surface area (Å²) in [6.45, 7) is 0.341. The number of anilines is 1. The van der Waals surface area contributed by atoms with Crippen molar-refractivity contribution in [1.29, 1.82) is 5.26 Å². The zero-order chi connectivity index (χ0) is 13.5. The van der Waals surface area contributed by atoms with E-state index >= 15 is 0 Å². The van der Waals surface area contributed by atoms with Crippen LogP contribution in [0.3, 0.4) is 0 Å². The second kappa shape index (κ2) is 6.84. The molecular weight excluding hydrogens is 256 g/mol. The molecule has 1 unspecified atom stereocenters. The van der Waals surface area contributed by atoms with Crippen LogP contribution in [0, 0.1) is 11.3 Å². The van der Waals surface area contributed by atoms with Crippen molar-refractivity contribution in [2.75, 3.05) is 19.0 Å². The van der Waals surface area contributed by atoms with Crippen LogP contribution < -0.4 is 5.32 Å². The Hall–Kier alpha value is -1.77. The predicted octanol–water partition coefficient (Wildman–Crippen LogP) is 2.11. The molecule has 0 bridgehead atoms. The van der Waals surface area contributed by atoms with Gasteiger partial charge in [-0.2, -0.15) is 5.26 Å². The Morgan fingerprint density at radius 3 is 2.89 bits per heavy atom. The van der Waals surface area contributed by atoms with Crippen LogP contribution in [0.4, 0.5) is 5.69 Å². The first-order valence-corrected chi connectivity index (χ1v) is 5.64. The summed E-state index contributed by atoms with van der Waals surface area (Å²) in [5.74, 6) is -0.965. The quantitative estimate of drug-likeness (QED) is 0.826. The molecule has 0 saturated heterocycles. The van der Waals surface area contributed by atoms with Crippen molar-refractivity contribution in [3.63, 3.8) is 0 Å². The lowest BCUT2D eigenvalue weighted by Crippen LogP contribution is -2.30. The summed E-state index contributed by atoms with van der Waals surface area (Å²) >= 11 is 5.86. The van der Waals surface area contributed by atoms with Crippen LogP contribution in [-0.4, -0.2) is 30.8 Å². The maximum Gasteiger partial charge on any atom is 0.326 e. The number of ether oxygens (including phenoxy) is 1. The van der Waals surface area contributed by atoms with Crippen LogP contribution >= 0.6 is 11.6 Å². The molecule has 96 valence electrons. The zero-order valence-corrected chi connectivity index (χ0v) is 10.6. The van der Waals surface area contributed by atoms with Crippen molar-refractivity contribution in [1.82, 2.24) is 0 Å². The Kier molecular flexibility index (Phi) is 5.43. The molecule has 0 spiro atoms. The summed E-state index contributed by atoms with van der Waals surface area (Å²) in [6.07, 6.45) is 0.337. The van der Waals surface area contributed by atoms with Crippen LogP contribution in [0.1, 0.15) is 12.0 Å². The van der Waals surface area contributed by atoms with E-state index in [-0.39, 0.29) is 0 Å². The molecule has 5 nitrogen and oxygen atoms in total. The Bertz CT molecular complexity index is 471. The van der Waals surface area contributed by atoms with Gasteiger partial charge < -0.3 is 15.2 Å². The van der Waals surface area contributed by atoms with Crippen molar-refractivity contribution >= 4 is 23.3 Å². The van der Waals surface area contributed by atoms with Gasteiger partial charge in [0.1, 0.15) is 12.1 Å². The van der Waals surface area contributed by atoms with Gasteiger partial charge >= 0.3 is 5.97 Å². The second-order valence-corrected chi connectivity index (χ2v) is 4.03. The lowest BCUT2D eigenvalue weighted by Gasteiger charge is -2.15. The van der Waals surface area contributed by atoms with E-state index in [2.05, 4.69) is 5.32 Å². The lowest BCUT2D eigenvalue weighted by molar-refractivity contribution is -0.138. The molecule has 1 rings (SSSR count). The SMILES string of the molecule is COCCC(Nc1ccc(C#N)c(Cl)c1)C(=O)O. The van der Waals surface area contributed by atoms with Crippen molar-refractivity contribution in [3.8, 4) is 6.07 Å². The number of rotatable bonds is 6. The van der Waals surface area contributed by atoms with Crippen LogP contribution in [0.5, 0.6) is 0 Å². The summed E-state index contributed by atoms with van der Waals surface area (Å²) in [5.41, 5.74) is 0.911. The number of hydrogen-bond acceptors (Lipinski definition) is 4. The third-order valence-electron chi connectivity index (χ3n) is 2.34. The number of nitrogens with one attached hydrogen (secondary N) is 1. The average molecular weight is 269 g/mol. The summed E-state index contributed by atoms with van der Waals surface area (Å²) < 4.78 is 4.85. The number of carboxylic acids is 1. The first-order valence-electron chi connectivity index (χ1n) is 5.26. The molecule has 1 atom stereocenters. The molecule has 2 N–H and O–H groups in total. The number of carbonyl (C=O) groups is 1. The predicted molar refractivity (Wildman–Crippen MR) is 67.7 cm³/mol. The van der Waals surface area contributed by atoms with E-state index in [1.54, 1.807) is 12.1 Å². The molecule has 0 aliphatic rings. The normalized spacial score (nSPS) is 11.6. The van der Waals surface area contributed by atoms with Gasteiger partial charge in [0.2, 0.25) is 0 Å². The molecule has 0 radical (unpaired) electrons. The highest BCUT2D eigenvalue weighted by Gasteiger charge is 2.17. The number of nitriles is 1. The van der Waals surface area contributed by atoms with Gasteiger partial charge in [0, 0.05) is 25.8 Å². The molecule has 6 heteroatoms. The van der Waals surface area contributed by atoms with Gasteiger partial charge in [-0.1, -0.05) is 11.6 Å². The van der Waals surface area contributed by atoms with E-state index in [4.69, 9.17) is 26.7 Å². The topological polar surface area (TPSA) is 82.3 Å².